The van der Waals surface area contributed by atoms with E-state index in [4.69, 9.17) is 15.2 Å². The number of carboxylic acids is 1. The number of thiol groups is 1. The Bertz CT molecular complexity index is 81.4. The van der Waals surface area contributed by atoms with Crippen LogP contribution < -0.4 is 0 Å². The highest BCUT2D eigenvalue weighted by molar-refractivity contribution is 7.85. The van der Waals surface area contributed by atoms with Crippen molar-refractivity contribution in [2.24, 2.45) is 0 Å². The maximum Gasteiger partial charge on any atom is 0.300 e. The number of rotatable bonds is 0. The van der Waals surface area contributed by atoms with Gasteiger partial charge in [-0.15, -0.1) is 0 Å². The van der Waals surface area contributed by atoms with E-state index in [0.29, 0.717) is 0 Å². The Morgan fingerprint density at radius 1 is 2.00 bits per heavy atom. The second kappa shape index (κ2) is 9.00. The highest BCUT2D eigenvalue weighted by Crippen LogP contribution is 1.46. The van der Waals surface area contributed by atoms with Crippen molar-refractivity contribution in [2.75, 3.05) is 0 Å². The lowest BCUT2D eigenvalue weighted by Gasteiger charge is -1.59. The summed E-state index contributed by atoms with van der Waals surface area (Å²) in [4.78, 5) is 9.00. The van der Waals surface area contributed by atoms with Gasteiger partial charge < -0.3 is 5.11 Å². The summed E-state index contributed by atoms with van der Waals surface area (Å²) in [6.45, 7) is 1.08. The second-order valence-electron chi connectivity index (χ2n) is 0.619. The van der Waals surface area contributed by atoms with Crippen molar-refractivity contribution in [3.05, 3.63) is 0 Å². The quantitative estimate of drug-likeness (QED) is 0.360. The molecular formula is C3H5NO2S. The molecule has 0 unspecified atom stereocenters. The lowest BCUT2D eigenvalue weighted by molar-refractivity contribution is -0.134. The van der Waals surface area contributed by atoms with Gasteiger partial charge >= 0.3 is 0 Å². The molecule has 3 nitrogen and oxygen atoms in total. The Morgan fingerprint density at radius 3 is 2.00 bits per heavy atom. The average Bonchev–Trinajstić information content (AvgIpc) is 1.33. The third-order valence-electron chi connectivity index (χ3n) is 0. The number of hydrogen-bond donors (Lipinski definition) is 2. The monoisotopic (exact) mass is 119 g/mol. The SMILES string of the molecule is CC(=O)O.N#CS. The first kappa shape index (κ1) is 9.58. The summed E-state index contributed by atoms with van der Waals surface area (Å²) in [5.41, 5.74) is 0. The van der Waals surface area contributed by atoms with Gasteiger partial charge in [0.25, 0.3) is 5.97 Å². The van der Waals surface area contributed by atoms with Crippen LogP contribution in [0.15, 0.2) is 0 Å². The summed E-state index contributed by atoms with van der Waals surface area (Å²) in [7, 11) is 0. The Morgan fingerprint density at radius 2 is 2.00 bits per heavy atom. The van der Waals surface area contributed by atoms with Crippen molar-refractivity contribution in [1.29, 1.82) is 5.26 Å². The summed E-state index contributed by atoms with van der Waals surface area (Å²) < 4.78 is 0. The zero-order chi connectivity index (χ0) is 6.28. The molecule has 0 spiro atoms. The molecule has 0 fully saturated rings. The molecule has 0 saturated heterocycles. The first-order valence-corrected chi connectivity index (χ1v) is 1.82. The molecule has 7 heavy (non-hydrogen) atoms. The van der Waals surface area contributed by atoms with Crippen molar-refractivity contribution < 1.29 is 9.90 Å². The highest BCUT2D eigenvalue weighted by atomic mass is 32.1. The number of aliphatic carboxylic acids is 1. The maximum atomic E-state index is 9.00. The van der Waals surface area contributed by atoms with Crippen molar-refractivity contribution in [1.82, 2.24) is 0 Å². The molecule has 0 aliphatic carbocycles. The second-order valence-corrected chi connectivity index (χ2v) is 0.819. The standard InChI is InChI=1S/C2H4O2.CHNS/c1-2(3)4;2-1-3/h1H3,(H,3,4);3H. The van der Waals surface area contributed by atoms with Gasteiger partial charge in [0.15, 0.2) is 0 Å². The molecule has 4 heteroatoms. The minimum Gasteiger partial charge on any atom is -0.481 e. The van der Waals surface area contributed by atoms with Gasteiger partial charge in [0.05, 0.1) is 0 Å². The van der Waals surface area contributed by atoms with E-state index in [1.165, 1.54) is 5.40 Å². The molecule has 0 radical (unpaired) electrons. The van der Waals surface area contributed by atoms with E-state index >= 15 is 0 Å². The normalized spacial score (nSPS) is 4.71. The van der Waals surface area contributed by atoms with E-state index in [2.05, 4.69) is 12.6 Å². The van der Waals surface area contributed by atoms with Gasteiger partial charge in [0.1, 0.15) is 5.40 Å². The van der Waals surface area contributed by atoms with Gasteiger partial charge in [-0.25, -0.2) is 0 Å². The van der Waals surface area contributed by atoms with Gasteiger partial charge in [0, 0.05) is 6.92 Å². The van der Waals surface area contributed by atoms with Crippen LogP contribution in [0.5, 0.6) is 0 Å². The summed E-state index contributed by atoms with van der Waals surface area (Å²) in [5.74, 6) is -0.833. The van der Waals surface area contributed by atoms with Gasteiger partial charge in [-0.1, -0.05) is 12.6 Å². The summed E-state index contributed by atoms with van der Waals surface area (Å²) in [6.07, 6.45) is 0. The Hall–Kier alpha value is -0.690. The van der Waals surface area contributed by atoms with Crippen LogP contribution in [0.25, 0.3) is 0 Å². The van der Waals surface area contributed by atoms with E-state index in [9.17, 15) is 0 Å². The van der Waals surface area contributed by atoms with Crippen LogP contribution in [0, 0.1) is 10.7 Å². The van der Waals surface area contributed by atoms with Crippen LogP contribution >= 0.6 is 12.6 Å². The molecule has 0 aliphatic rings. The van der Waals surface area contributed by atoms with Crippen LogP contribution in [0.2, 0.25) is 0 Å². The third-order valence-corrected chi connectivity index (χ3v) is 0. The molecule has 0 aromatic carbocycles. The van der Waals surface area contributed by atoms with Crippen LogP contribution in [0.1, 0.15) is 6.92 Å². The molecule has 40 valence electrons. The Kier molecular flexibility index (Phi) is 12.3. The Balaban J connectivity index is 0. The lowest BCUT2D eigenvalue weighted by atomic mass is 10.9. The van der Waals surface area contributed by atoms with Crippen LogP contribution in [-0.4, -0.2) is 11.1 Å². The number of carbonyl (C=O) groups is 1. The molecule has 0 atom stereocenters. The van der Waals surface area contributed by atoms with Gasteiger partial charge in [-0.3, -0.25) is 4.79 Å². The first-order chi connectivity index (χ1) is 3.15. The predicted molar refractivity (Wildman–Crippen MR) is 27.9 cm³/mol. The largest absolute Gasteiger partial charge is 0.481 e. The number of nitrogens with zero attached hydrogens (tertiary/aromatic N) is 1. The summed E-state index contributed by atoms with van der Waals surface area (Å²) in [6, 6.07) is 0. The fourth-order valence-electron chi connectivity index (χ4n) is 0. The lowest BCUT2D eigenvalue weighted by Crippen LogP contribution is -1.78. The van der Waals surface area contributed by atoms with Crippen molar-refractivity contribution in [3.63, 3.8) is 0 Å². The molecule has 0 rings (SSSR count). The predicted octanol–water partition coefficient (Wildman–Crippen LogP) is 0.488. The zero-order valence-corrected chi connectivity index (χ0v) is 4.64. The maximum absolute atomic E-state index is 9.00. The molecule has 0 saturated carbocycles. The molecular weight excluding hydrogens is 114 g/mol. The highest BCUT2D eigenvalue weighted by Gasteiger charge is 1.65. The Labute approximate surface area is 47.0 Å². The molecule has 0 aliphatic heterocycles. The van der Waals surface area contributed by atoms with E-state index < -0.39 is 5.97 Å². The molecule has 0 aromatic heterocycles. The number of thiocyanates is 1. The smallest absolute Gasteiger partial charge is 0.300 e. The van der Waals surface area contributed by atoms with Crippen molar-refractivity contribution >= 4 is 18.6 Å². The number of nitriles is 1. The summed E-state index contributed by atoms with van der Waals surface area (Å²) in [5, 5.41) is 16.0. The number of carboxylic acid groups (broad SMARTS) is 1. The van der Waals surface area contributed by atoms with Crippen molar-refractivity contribution in [3.8, 4) is 5.40 Å². The van der Waals surface area contributed by atoms with Crippen LogP contribution in [0.4, 0.5) is 0 Å². The van der Waals surface area contributed by atoms with E-state index in [0.717, 1.165) is 6.92 Å². The van der Waals surface area contributed by atoms with Gasteiger partial charge in [-0.05, 0) is 0 Å². The third kappa shape index (κ3) is 122. The zero-order valence-electron chi connectivity index (χ0n) is 3.75. The van der Waals surface area contributed by atoms with E-state index in [1.54, 1.807) is 0 Å². The minimum absolute atomic E-state index is 0.833. The fraction of sp³-hybridized carbons (Fsp3) is 0.333. The van der Waals surface area contributed by atoms with E-state index in [-0.39, 0.29) is 0 Å². The fourth-order valence-corrected chi connectivity index (χ4v) is 0. The topological polar surface area (TPSA) is 61.1 Å². The van der Waals surface area contributed by atoms with Crippen LogP contribution in [-0.2, 0) is 4.79 Å². The van der Waals surface area contributed by atoms with Crippen molar-refractivity contribution in [2.45, 2.75) is 6.92 Å². The molecule has 0 aromatic rings. The summed E-state index contributed by atoms with van der Waals surface area (Å²) >= 11 is 3.09. The minimum atomic E-state index is -0.833. The molecule has 0 amide bonds. The first-order valence-electron chi connectivity index (χ1n) is 1.37. The van der Waals surface area contributed by atoms with Gasteiger partial charge in [0.2, 0.25) is 0 Å². The van der Waals surface area contributed by atoms with E-state index in [1.807, 2.05) is 0 Å². The molecule has 0 heterocycles. The number of hydrogen-bond acceptors (Lipinski definition) is 3. The molecule has 1 N–H and O–H groups in total. The van der Waals surface area contributed by atoms with Crippen LogP contribution in [0.3, 0.4) is 0 Å². The average molecular weight is 119 g/mol. The molecule has 0 bridgehead atoms. The van der Waals surface area contributed by atoms with Gasteiger partial charge in [-0.2, -0.15) is 5.26 Å².